The Kier molecular flexibility index (Phi) is 3.25. The molecule has 0 aromatic rings. The van der Waals surface area contributed by atoms with E-state index in [2.05, 4.69) is 20.8 Å². The predicted molar refractivity (Wildman–Crippen MR) is 75.5 cm³/mol. The van der Waals surface area contributed by atoms with E-state index in [1.54, 1.807) is 0 Å². The van der Waals surface area contributed by atoms with Crippen LogP contribution >= 0.6 is 0 Å². The second-order valence-electron chi connectivity index (χ2n) is 7.73. The summed E-state index contributed by atoms with van der Waals surface area (Å²) in [4.78, 5) is 0. The zero-order valence-corrected chi connectivity index (χ0v) is 12.5. The van der Waals surface area contributed by atoms with Gasteiger partial charge in [-0.25, -0.2) is 0 Å². The summed E-state index contributed by atoms with van der Waals surface area (Å²) in [5, 5.41) is 0. The molecule has 0 aromatic carbocycles. The maximum absolute atomic E-state index is 6.34. The minimum Gasteiger partial charge on any atom is -0.375 e. The highest BCUT2D eigenvalue weighted by Crippen LogP contribution is 2.60. The van der Waals surface area contributed by atoms with Gasteiger partial charge in [0, 0.05) is 6.61 Å². The summed E-state index contributed by atoms with van der Waals surface area (Å²) in [6.45, 7) is 8.53. The highest BCUT2D eigenvalue weighted by atomic mass is 16.5. The van der Waals surface area contributed by atoms with Gasteiger partial charge in [-0.15, -0.1) is 0 Å². The lowest BCUT2D eigenvalue weighted by molar-refractivity contribution is -0.170. The molecule has 2 aliphatic carbocycles. The van der Waals surface area contributed by atoms with E-state index in [9.17, 15) is 0 Å². The van der Waals surface area contributed by atoms with E-state index >= 15 is 0 Å². The second-order valence-corrected chi connectivity index (χ2v) is 7.73. The van der Waals surface area contributed by atoms with Crippen molar-refractivity contribution in [2.75, 3.05) is 6.61 Å². The van der Waals surface area contributed by atoms with Gasteiger partial charge in [0.2, 0.25) is 0 Å². The molecule has 1 heterocycles. The fraction of sp³-hybridized carbons (Fsp3) is 1.00. The molecule has 1 aliphatic heterocycles. The van der Waals surface area contributed by atoms with E-state index in [-0.39, 0.29) is 5.60 Å². The standard InChI is InChI=1S/C17H30O/c1-13-7-6-10-16(2)14(13)9-11-17(3)15(16)8-4-5-12-18-17/h13-15H,4-12H2,1-3H3. The topological polar surface area (TPSA) is 9.23 Å². The number of fused-ring (bicyclic) bond motifs is 3. The molecule has 1 saturated heterocycles. The summed E-state index contributed by atoms with van der Waals surface area (Å²) in [6.07, 6.45) is 11.2. The predicted octanol–water partition coefficient (Wildman–Crippen LogP) is 4.80. The fourth-order valence-corrected chi connectivity index (χ4v) is 5.77. The minimum atomic E-state index is 0.193. The third-order valence-electron chi connectivity index (χ3n) is 6.71. The van der Waals surface area contributed by atoms with E-state index < -0.39 is 0 Å². The Labute approximate surface area is 113 Å². The maximum Gasteiger partial charge on any atom is 0.0687 e. The van der Waals surface area contributed by atoms with Gasteiger partial charge in [-0.1, -0.05) is 33.1 Å². The zero-order chi connectivity index (χ0) is 12.8. The molecule has 5 unspecified atom stereocenters. The lowest BCUT2D eigenvalue weighted by atomic mass is 9.48. The SMILES string of the molecule is CC1CCCC2(C)C1CCC1(C)OCCCCC12. The van der Waals surface area contributed by atoms with Crippen LogP contribution < -0.4 is 0 Å². The smallest absolute Gasteiger partial charge is 0.0687 e. The van der Waals surface area contributed by atoms with E-state index in [1.807, 2.05) is 0 Å². The molecule has 1 heteroatoms. The van der Waals surface area contributed by atoms with Gasteiger partial charge in [-0.2, -0.15) is 0 Å². The summed E-state index contributed by atoms with van der Waals surface area (Å²) in [7, 11) is 0. The van der Waals surface area contributed by atoms with Crippen LogP contribution in [0.5, 0.6) is 0 Å². The first-order valence-corrected chi connectivity index (χ1v) is 8.20. The Morgan fingerprint density at radius 3 is 2.61 bits per heavy atom. The van der Waals surface area contributed by atoms with Crippen molar-refractivity contribution in [1.82, 2.24) is 0 Å². The first kappa shape index (κ1) is 13.0. The fourth-order valence-electron chi connectivity index (χ4n) is 5.77. The Morgan fingerprint density at radius 1 is 0.944 bits per heavy atom. The number of rotatable bonds is 0. The number of hydrogen-bond acceptors (Lipinski definition) is 1. The first-order chi connectivity index (χ1) is 8.56. The molecule has 2 saturated carbocycles. The van der Waals surface area contributed by atoms with Gasteiger partial charge in [0.05, 0.1) is 5.60 Å². The van der Waals surface area contributed by atoms with Crippen molar-refractivity contribution < 1.29 is 4.74 Å². The summed E-state index contributed by atoms with van der Waals surface area (Å²) in [5.74, 6) is 2.72. The highest BCUT2D eigenvalue weighted by Gasteiger charge is 2.56. The van der Waals surface area contributed by atoms with Crippen molar-refractivity contribution in [1.29, 1.82) is 0 Å². The van der Waals surface area contributed by atoms with E-state index in [0.29, 0.717) is 5.41 Å². The molecule has 0 bridgehead atoms. The van der Waals surface area contributed by atoms with Gasteiger partial charge < -0.3 is 4.74 Å². The normalized spacial score (nSPS) is 53.2. The number of hydrogen-bond donors (Lipinski definition) is 0. The van der Waals surface area contributed by atoms with Crippen LogP contribution in [0, 0.1) is 23.2 Å². The van der Waals surface area contributed by atoms with Crippen LogP contribution in [0.2, 0.25) is 0 Å². The molecule has 1 nitrogen and oxygen atoms in total. The third-order valence-corrected chi connectivity index (χ3v) is 6.71. The largest absolute Gasteiger partial charge is 0.375 e. The quantitative estimate of drug-likeness (QED) is 0.600. The van der Waals surface area contributed by atoms with Crippen LogP contribution in [0.3, 0.4) is 0 Å². The van der Waals surface area contributed by atoms with Gasteiger partial charge in [0.15, 0.2) is 0 Å². The van der Waals surface area contributed by atoms with Gasteiger partial charge in [0.1, 0.15) is 0 Å². The van der Waals surface area contributed by atoms with Gasteiger partial charge in [-0.3, -0.25) is 0 Å². The Morgan fingerprint density at radius 2 is 1.78 bits per heavy atom. The minimum absolute atomic E-state index is 0.193. The van der Waals surface area contributed by atoms with Crippen LogP contribution in [0.25, 0.3) is 0 Å². The van der Waals surface area contributed by atoms with Crippen molar-refractivity contribution in [3.8, 4) is 0 Å². The Bertz CT molecular complexity index is 313. The van der Waals surface area contributed by atoms with Crippen molar-refractivity contribution >= 4 is 0 Å². The molecule has 3 rings (SSSR count). The molecule has 0 aromatic heterocycles. The lowest BCUT2D eigenvalue weighted by Crippen LogP contribution is -2.55. The van der Waals surface area contributed by atoms with Crippen molar-refractivity contribution in [2.45, 2.75) is 77.7 Å². The summed E-state index contributed by atoms with van der Waals surface area (Å²) in [6, 6.07) is 0. The van der Waals surface area contributed by atoms with Crippen LogP contribution in [0.15, 0.2) is 0 Å². The van der Waals surface area contributed by atoms with Gasteiger partial charge >= 0.3 is 0 Å². The molecule has 3 aliphatic rings. The molecular formula is C17H30O. The molecule has 0 radical (unpaired) electrons. The molecule has 3 fully saturated rings. The average Bonchev–Trinajstić information content (AvgIpc) is 2.51. The maximum atomic E-state index is 6.34. The Hall–Kier alpha value is -0.0400. The molecule has 104 valence electrons. The third kappa shape index (κ3) is 1.85. The molecule has 18 heavy (non-hydrogen) atoms. The van der Waals surface area contributed by atoms with Crippen molar-refractivity contribution in [3.05, 3.63) is 0 Å². The lowest BCUT2D eigenvalue weighted by Gasteiger charge is -2.59. The first-order valence-electron chi connectivity index (χ1n) is 8.20. The van der Waals surface area contributed by atoms with E-state index in [1.165, 1.54) is 51.4 Å². The van der Waals surface area contributed by atoms with Gasteiger partial charge in [0.25, 0.3) is 0 Å². The Balaban J connectivity index is 1.93. The van der Waals surface area contributed by atoms with Crippen LogP contribution in [0.4, 0.5) is 0 Å². The van der Waals surface area contributed by atoms with Gasteiger partial charge in [-0.05, 0) is 62.2 Å². The molecule has 0 amide bonds. The molecule has 5 atom stereocenters. The van der Waals surface area contributed by atoms with Crippen LogP contribution in [-0.2, 0) is 4.74 Å². The number of ether oxygens (including phenoxy) is 1. The summed E-state index contributed by atoms with van der Waals surface area (Å²) < 4.78 is 6.34. The monoisotopic (exact) mass is 250 g/mol. The van der Waals surface area contributed by atoms with E-state index in [4.69, 9.17) is 4.74 Å². The molecule has 0 N–H and O–H groups in total. The second kappa shape index (κ2) is 4.51. The molecule has 0 spiro atoms. The highest BCUT2D eigenvalue weighted by molar-refractivity contribution is 5.05. The summed E-state index contributed by atoms with van der Waals surface area (Å²) in [5.41, 5.74) is 0.758. The summed E-state index contributed by atoms with van der Waals surface area (Å²) >= 11 is 0. The van der Waals surface area contributed by atoms with Crippen LogP contribution in [0.1, 0.15) is 72.1 Å². The van der Waals surface area contributed by atoms with E-state index in [0.717, 1.165) is 24.4 Å². The average molecular weight is 250 g/mol. The van der Waals surface area contributed by atoms with Crippen molar-refractivity contribution in [2.24, 2.45) is 23.2 Å². The van der Waals surface area contributed by atoms with Crippen molar-refractivity contribution in [3.63, 3.8) is 0 Å². The molecular weight excluding hydrogens is 220 g/mol. The zero-order valence-electron chi connectivity index (χ0n) is 12.5. The van der Waals surface area contributed by atoms with Crippen LogP contribution in [-0.4, -0.2) is 12.2 Å².